The summed E-state index contributed by atoms with van der Waals surface area (Å²) < 4.78 is 0. The van der Waals surface area contributed by atoms with Gasteiger partial charge in [0, 0.05) is 0 Å². The molecule has 1 nitrogen and oxygen atoms in total. The summed E-state index contributed by atoms with van der Waals surface area (Å²) in [4.78, 5) is 0. The van der Waals surface area contributed by atoms with Gasteiger partial charge < -0.3 is 5.11 Å². The molecule has 0 aromatic carbocycles. The highest BCUT2D eigenvalue weighted by atomic mass is 16.3. The monoisotopic (exact) mass is 222 g/mol. The van der Waals surface area contributed by atoms with E-state index in [1.165, 1.54) is 25.7 Å². The summed E-state index contributed by atoms with van der Waals surface area (Å²) in [5, 5.41) is 10.4. The number of fused-ring (bicyclic) bond motifs is 4. The van der Waals surface area contributed by atoms with E-state index in [-0.39, 0.29) is 0 Å². The Morgan fingerprint density at radius 1 is 1.19 bits per heavy atom. The second kappa shape index (κ2) is 3.04. The lowest BCUT2D eigenvalue weighted by Gasteiger charge is -2.59. The van der Waals surface area contributed by atoms with Crippen molar-refractivity contribution in [1.29, 1.82) is 0 Å². The van der Waals surface area contributed by atoms with Crippen molar-refractivity contribution in [1.82, 2.24) is 0 Å². The van der Waals surface area contributed by atoms with Gasteiger partial charge in [-0.15, -0.1) is 0 Å². The third-order valence-corrected chi connectivity index (χ3v) is 6.41. The molecule has 0 bridgehead atoms. The molecule has 3 aliphatic rings. The average molecular weight is 222 g/mol. The van der Waals surface area contributed by atoms with Crippen LogP contribution in [0.2, 0.25) is 0 Å². The van der Waals surface area contributed by atoms with Gasteiger partial charge in [0.1, 0.15) is 0 Å². The quantitative estimate of drug-likeness (QED) is 0.720. The van der Waals surface area contributed by atoms with Gasteiger partial charge in [-0.2, -0.15) is 0 Å². The first-order valence-electron chi connectivity index (χ1n) is 7.08. The molecule has 16 heavy (non-hydrogen) atoms. The molecule has 0 amide bonds. The van der Waals surface area contributed by atoms with E-state index >= 15 is 0 Å². The van der Waals surface area contributed by atoms with Crippen LogP contribution in [0.5, 0.6) is 0 Å². The minimum Gasteiger partial charge on any atom is -0.390 e. The molecule has 3 saturated carbocycles. The minimum absolute atomic E-state index is 0.463. The predicted molar refractivity (Wildman–Crippen MR) is 66.0 cm³/mol. The topological polar surface area (TPSA) is 20.2 Å². The van der Waals surface area contributed by atoms with Gasteiger partial charge in [0.15, 0.2) is 0 Å². The van der Waals surface area contributed by atoms with Crippen molar-refractivity contribution in [2.75, 3.05) is 0 Å². The molecule has 0 aromatic rings. The summed E-state index contributed by atoms with van der Waals surface area (Å²) in [6, 6.07) is 0. The van der Waals surface area contributed by atoms with Crippen LogP contribution in [-0.2, 0) is 0 Å². The van der Waals surface area contributed by atoms with Crippen LogP contribution < -0.4 is 0 Å². The van der Waals surface area contributed by atoms with E-state index < -0.39 is 5.60 Å². The second-order valence-corrected chi connectivity index (χ2v) is 7.57. The van der Waals surface area contributed by atoms with Gasteiger partial charge in [-0.05, 0) is 68.1 Å². The molecular formula is C15H26O. The molecule has 0 radical (unpaired) electrons. The van der Waals surface area contributed by atoms with Crippen molar-refractivity contribution >= 4 is 0 Å². The number of rotatable bonds is 1. The average Bonchev–Trinajstić information content (AvgIpc) is 2.61. The SMILES string of the molecule is C[C@@H]1CC[C@@H]2[C@H]1[C@H]1[C@H](C(C)(C)O)CC[C@]12C. The van der Waals surface area contributed by atoms with E-state index in [1.807, 2.05) is 13.8 Å². The molecule has 92 valence electrons. The number of aliphatic hydroxyl groups is 1. The Bertz CT molecular complexity index is 303. The summed E-state index contributed by atoms with van der Waals surface area (Å²) in [5.41, 5.74) is 0.121. The highest BCUT2D eigenvalue weighted by Crippen LogP contribution is 2.73. The van der Waals surface area contributed by atoms with Crippen LogP contribution in [0.15, 0.2) is 0 Å². The Labute approximate surface area is 99.6 Å². The maximum Gasteiger partial charge on any atom is 0.0622 e. The fourth-order valence-electron chi connectivity index (χ4n) is 5.68. The van der Waals surface area contributed by atoms with E-state index in [2.05, 4.69) is 13.8 Å². The zero-order valence-electron chi connectivity index (χ0n) is 11.2. The first kappa shape index (κ1) is 11.1. The Morgan fingerprint density at radius 2 is 1.88 bits per heavy atom. The van der Waals surface area contributed by atoms with E-state index in [4.69, 9.17) is 0 Å². The Kier molecular flexibility index (Phi) is 2.11. The third kappa shape index (κ3) is 1.16. The fourth-order valence-corrected chi connectivity index (χ4v) is 5.68. The predicted octanol–water partition coefficient (Wildman–Crippen LogP) is 3.47. The number of hydrogen-bond donors (Lipinski definition) is 1. The molecule has 0 heterocycles. The van der Waals surface area contributed by atoms with E-state index in [1.54, 1.807) is 0 Å². The number of hydrogen-bond acceptors (Lipinski definition) is 1. The van der Waals surface area contributed by atoms with Crippen LogP contribution >= 0.6 is 0 Å². The van der Waals surface area contributed by atoms with Crippen LogP contribution in [-0.4, -0.2) is 10.7 Å². The molecule has 1 N–H and O–H groups in total. The Balaban J connectivity index is 1.90. The van der Waals surface area contributed by atoms with Crippen molar-refractivity contribution in [3.05, 3.63) is 0 Å². The lowest BCUT2D eigenvalue weighted by molar-refractivity contribution is -0.136. The Hall–Kier alpha value is -0.0400. The van der Waals surface area contributed by atoms with Crippen LogP contribution in [0.1, 0.15) is 53.4 Å². The van der Waals surface area contributed by atoms with Crippen LogP contribution in [0.3, 0.4) is 0 Å². The van der Waals surface area contributed by atoms with Crippen LogP contribution in [0, 0.1) is 35.0 Å². The molecule has 3 fully saturated rings. The largest absolute Gasteiger partial charge is 0.390 e. The van der Waals surface area contributed by atoms with Crippen molar-refractivity contribution in [2.45, 2.75) is 59.0 Å². The maximum atomic E-state index is 10.4. The highest BCUT2D eigenvalue weighted by Gasteiger charge is 2.68. The van der Waals surface area contributed by atoms with Gasteiger partial charge in [0.2, 0.25) is 0 Å². The van der Waals surface area contributed by atoms with Gasteiger partial charge in [-0.1, -0.05) is 20.3 Å². The normalized spacial score (nSPS) is 55.7. The maximum absolute atomic E-state index is 10.4. The molecule has 0 saturated heterocycles. The molecule has 3 rings (SSSR count). The third-order valence-electron chi connectivity index (χ3n) is 6.41. The lowest BCUT2D eigenvalue weighted by Crippen LogP contribution is -2.55. The minimum atomic E-state index is -0.463. The standard InChI is InChI=1S/C15H26O/c1-9-5-6-10-12(9)13-11(14(2,3)16)7-8-15(10,13)4/h9-13,16H,5-8H2,1-4H3/t9-,10-,11-,12+,13-,15+/m1/s1. The van der Waals surface area contributed by atoms with Gasteiger partial charge >= 0.3 is 0 Å². The molecule has 6 atom stereocenters. The van der Waals surface area contributed by atoms with E-state index in [9.17, 15) is 5.11 Å². The van der Waals surface area contributed by atoms with Gasteiger partial charge in [-0.3, -0.25) is 0 Å². The summed E-state index contributed by atoms with van der Waals surface area (Å²) in [6.07, 6.45) is 5.50. The second-order valence-electron chi connectivity index (χ2n) is 7.57. The molecule has 1 heteroatoms. The van der Waals surface area contributed by atoms with Crippen molar-refractivity contribution in [3.63, 3.8) is 0 Å². The summed E-state index contributed by atoms with van der Waals surface area (Å²) in [7, 11) is 0. The van der Waals surface area contributed by atoms with Crippen molar-refractivity contribution < 1.29 is 5.11 Å². The van der Waals surface area contributed by atoms with Gasteiger partial charge in [0.25, 0.3) is 0 Å². The zero-order valence-corrected chi connectivity index (χ0v) is 11.2. The Morgan fingerprint density at radius 3 is 2.50 bits per heavy atom. The summed E-state index contributed by atoms with van der Waals surface area (Å²) in [5.74, 6) is 4.20. The summed E-state index contributed by atoms with van der Waals surface area (Å²) in [6.45, 7) is 8.99. The van der Waals surface area contributed by atoms with Crippen LogP contribution in [0.4, 0.5) is 0 Å². The van der Waals surface area contributed by atoms with Gasteiger partial charge in [0.05, 0.1) is 5.60 Å². The first-order chi connectivity index (χ1) is 7.36. The van der Waals surface area contributed by atoms with Crippen molar-refractivity contribution in [3.8, 4) is 0 Å². The molecule has 0 unspecified atom stereocenters. The summed E-state index contributed by atoms with van der Waals surface area (Å²) >= 11 is 0. The van der Waals surface area contributed by atoms with Crippen molar-refractivity contribution in [2.24, 2.45) is 35.0 Å². The first-order valence-corrected chi connectivity index (χ1v) is 7.08. The van der Waals surface area contributed by atoms with E-state index in [0.717, 1.165) is 23.7 Å². The molecular weight excluding hydrogens is 196 g/mol. The van der Waals surface area contributed by atoms with Gasteiger partial charge in [-0.25, -0.2) is 0 Å². The highest BCUT2D eigenvalue weighted by molar-refractivity contribution is 5.16. The molecule has 0 spiro atoms. The lowest BCUT2D eigenvalue weighted by atomic mass is 9.46. The molecule has 3 aliphatic carbocycles. The zero-order chi connectivity index (χ0) is 11.7. The molecule has 0 aromatic heterocycles. The van der Waals surface area contributed by atoms with Crippen LogP contribution in [0.25, 0.3) is 0 Å². The van der Waals surface area contributed by atoms with E-state index in [0.29, 0.717) is 11.3 Å². The fraction of sp³-hybridized carbons (Fsp3) is 1.00. The smallest absolute Gasteiger partial charge is 0.0622 e. The molecule has 0 aliphatic heterocycles.